The quantitative estimate of drug-likeness (QED) is 0.538. The van der Waals surface area contributed by atoms with Crippen LogP contribution in [0.5, 0.6) is 0 Å². The van der Waals surface area contributed by atoms with Crippen molar-refractivity contribution < 1.29 is 12.8 Å². The lowest BCUT2D eigenvalue weighted by Gasteiger charge is -2.04. The molecular weight excluding hydrogens is 186 g/mol. The summed E-state index contributed by atoms with van der Waals surface area (Å²) < 4.78 is 37.0. The molecule has 2 N–H and O–H groups in total. The molecule has 0 bridgehead atoms. The average molecular weight is 193 g/mol. The van der Waals surface area contributed by atoms with Crippen molar-refractivity contribution in [1.29, 1.82) is 0 Å². The van der Waals surface area contributed by atoms with Gasteiger partial charge in [-0.15, -0.1) is 0 Å². The summed E-state index contributed by atoms with van der Waals surface area (Å²) >= 11 is 0. The minimum absolute atomic E-state index is 0.202. The van der Waals surface area contributed by atoms with Crippen LogP contribution in [-0.2, 0) is 0 Å². The van der Waals surface area contributed by atoms with Gasteiger partial charge >= 0.3 is 8.54 Å². The summed E-state index contributed by atoms with van der Waals surface area (Å²) in [7, 11) is -3.38. The summed E-state index contributed by atoms with van der Waals surface area (Å²) in [5, 5.41) is -0.531. The molecule has 0 fully saturated rings. The van der Waals surface area contributed by atoms with E-state index < -0.39 is 19.7 Å². The van der Waals surface area contributed by atoms with Crippen molar-refractivity contribution in [2.24, 2.45) is 0 Å². The van der Waals surface area contributed by atoms with Gasteiger partial charge in [-0.25, -0.2) is 4.39 Å². The van der Waals surface area contributed by atoms with E-state index >= 15 is 0 Å². The molecule has 1 aromatic carbocycles. The van der Waals surface area contributed by atoms with Gasteiger partial charge in [0, 0.05) is 5.69 Å². The molecule has 0 aliphatic heterocycles. The molecule has 0 saturated carbocycles. The maximum Gasteiger partial charge on any atom is 0.300 e. The normalized spacial score (nSPS) is 10.8. The van der Waals surface area contributed by atoms with Crippen molar-refractivity contribution in [1.82, 2.24) is 0 Å². The number of benzene rings is 1. The first-order chi connectivity index (χ1) is 5.52. The first kappa shape index (κ1) is 9.33. The second-order valence-corrected chi connectivity index (χ2v) is 3.34. The smallest absolute Gasteiger partial charge is 0.300 e. The summed E-state index contributed by atoms with van der Waals surface area (Å²) in [4.78, 5) is 0. The Morgan fingerprint density at radius 2 is 1.92 bits per heavy atom. The van der Waals surface area contributed by atoms with E-state index in [0.29, 0.717) is 5.56 Å². The minimum atomic E-state index is -3.38. The van der Waals surface area contributed by atoms with Crippen LogP contribution < -0.4 is 11.0 Å². The second-order valence-electron chi connectivity index (χ2n) is 2.39. The molecule has 0 atom stereocenters. The Balaban J connectivity index is 3.23. The molecule has 0 aromatic heterocycles. The monoisotopic (exact) mass is 193 g/mol. The molecular formula is C7H7F3NP. The Bertz CT molecular complexity index is 301. The van der Waals surface area contributed by atoms with Crippen molar-refractivity contribution in [3.05, 3.63) is 23.5 Å². The minimum Gasteiger partial charge on any atom is -0.398 e. The lowest BCUT2D eigenvalue weighted by molar-refractivity contribution is 0.632. The van der Waals surface area contributed by atoms with Crippen LogP contribution in [-0.4, -0.2) is 0 Å². The zero-order chi connectivity index (χ0) is 9.30. The van der Waals surface area contributed by atoms with Crippen LogP contribution >= 0.6 is 8.54 Å². The van der Waals surface area contributed by atoms with Crippen molar-refractivity contribution in [2.75, 3.05) is 5.73 Å². The summed E-state index contributed by atoms with van der Waals surface area (Å²) in [5.41, 5.74) is 5.99. The van der Waals surface area contributed by atoms with E-state index in [2.05, 4.69) is 0 Å². The third-order valence-corrected chi connectivity index (χ3v) is 2.22. The highest BCUT2D eigenvalue weighted by molar-refractivity contribution is 7.55. The van der Waals surface area contributed by atoms with Crippen LogP contribution in [0.2, 0.25) is 0 Å². The molecule has 0 unspecified atom stereocenters. The van der Waals surface area contributed by atoms with Crippen LogP contribution in [0.3, 0.4) is 0 Å². The highest BCUT2D eigenvalue weighted by Crippen LogP contribution is 2.38. The maximum atomic E-state index is 12.7. The molecule has 0 amide bonds. The number of nitrogen functional groups attached to an aromatic ring is 1. The number of halogens is 3. The molecule has 0 radical (unpaired) electrons. The zero-order valence-electron chi connectivity index (χ0n) is 6.31. The number of hydrogen-bond acceptors (Lipinski definition) is 1. The molecule has 0 aliphatic carbocycles. The summed E-state index contributed by atoms with van der Waals surface area (Å²) in [6.45, 7) is 1.57. The van der Waals surface area contributed by atoms with Gasteiger partial charge in [0.2, 0.25) is 0 Å². The van der Waals surface area contributed by atoms with Gasteiger partial charge in [-0.3, -0.25) is 0 Å². The fraction of sp³-hybridized carbons (Fsp3) is 0.143. The maximum absolute atomic E-state index is 12.7. The first-order valence-corrected chi connectivity index (χ1v) is 4.32. The largest absolute Gasteiger partial charge is 0.398 e. The van der Waals surface area contributed by atoms with E-state index in [0.717, 1.165) is 12.1 Å². The van der Waals surface area contributed by atoms with E-state index in [1.165, 1.54) is 0 Å². The molecule has 12 heavy (non-hydrogen) atoms. The van der Waals surface area contributed by atoms with E-state index in [4.69, 9.17) is 5.73 Å². The fourth-order valence-electron chi connectivity index (χ4n) is 0.811. The molecule has 0 aliphatic rings. The Morgan fingerprint density at radius 1 is 1.33 bits per heavy atom. The molecule has 5 heteroatoms. The van der Waals surface area contributed by atoms with Gasteiger partial charge in [-0.2, -0.15) is 8.39 Å². The third kappa shape index (κ3) is 1.69. The van der Waals surface area contributed by atoms with Crippen LogP contribution in [0.4, 0.5) is 18.5 Å². The zero-order valence-corrected chi connectivity index (χ0v) is 7.21. The van der Waals surface area contributed by atoms with Crippen LogP contribution in [0, 0.1) is 12.7 Å². The van der Waals surface area contributed by atoms with E-state index in [-0.39, 0.29) is 5.69 Å². The van der Waals surface area contributed by atoms with Gasteiger partial charge in [0.25, 0.3) is 0 Å². The van der Waals surface area contributed by atoms with E-state index in [1.807, 2.05) is 0 Å². The van der Waals surface area contributed by atoms with Crippen molar-refractivity contribution in [3.63, 3.8) is 0 Å². The van der Waals surface area contributed by atoms with E-state index in [1.54, 1.807) is 6.92 Å². The van der Waals surface area contributed by atoms with Gasteiger partial charge in [-0.05, 0) is 24.6 Å². The average Bonchev–Trinajstić information content (AvgIpc) is 1.96. The molecule has 66 valence electrons. The lowest BCUT2D eigenvalue weighted by Crippen LogP contribution is -2.05. The number of aryl methyl sites for hydroxylation is 1. The summed E-state index contributed by atoms with van der Waals surface area (Å²) in [6.07, 6.45) is 0. The summed E-state index contributed by atoms with van der Waals surface area (Å²) in [5.74, 6) is -0.922. The molecule has 1 rings (SSSR count). The Morgan fingerprint density at radius 3 is 2.42 bits per heavy atom. The first-order valence-electron chi connectivity index (χ1n) is 3.19. The topological polar surface area (TPSA) is 26.0 Å². The number of hydrogen-bond donors (Lipinski definition) is 1. The predicted molar refractivity (Wildman–Crippen MR) is 44.3 cm³/mol. The molecule has 0 heterocycles. The number of anilines is 1. The predicted octanol–water partition coefficient (Wildman–Crippen LogP) is 2.59. The van der Waals surface area contributed by atoms with Gasteiger partial charge < -0.3 is 5.73 Å². The van der Waals surface area contributed by atoms with Gasteiger partial charge in [0.15, 0.2) is 0 Å². The molecule has 1 nitrogen and oxygen atoms in total. The Labute approximate surface area is 69.4 Å². The van der Waals surface area contributed by atoms with Crippen molar-refractivity contribution in [2.45, 2.75) is 6.92 Å². The standard InChI is InChI=1S/C7H7F3NP/c1-4-2-7(12(9)10)5(8)3-6(4)11/h2-3H,11H2,1H3. The Kier molecular flexibility index (Phi) is 2.58. The number of nitrogens with two attached hydrogens (primary N) is 1. The highest BCUT2D eigenvalue weighted by atomic mass is 31.2. The third-order valence-electron chi connectivity index (χ3n) is 1.52. The highest BCUT2D eigenvalue weighted by Gasteiger charge is 2.15. The van der Waals surface area contributed by atoms with Gasteiger partial charge in [0.1, 0.15) is 5.82 Å². The van der Waals surface area contributed by atoms with Gasteiger partial charge in [-0.1, -0.05) is 0 Å². The molecule has 1 aromatic rings. The summed E-state index contributed by atoms with van der Waals surface area (Å²) in [6, 6.07) is 2.02. The van der Waals surface area contributed by atoms with Crippen LogP contribution in [0.1, 0.15) is 5.56 Å². The Hall–Kier alpha value is -0.760. The van der Waals surface area contributed by atoms with Gasteiger partial charge in [0.05, 0.1) is 5.30 Å². The molecule has 0 saturated heterocycles. The van der Waals surface area contributed by atoms with Crippen molar-refractivity contribution >= 4 is 19.5 Å². The van der Waals surface area contributed by atoms with Crippen molar-refractivity contribution in [3.8, 4) is 0 Å². The lowest BCUT2D eigenvalue weighted by atomic mass is 10.2. The van der Waals surface area contributed by atoms with Crippen LogP contribution in [0.15, 0.2) is 12.1 Å². The SMILES string of the molecule is Cc1cc(P(F)F)c(F)cc1N. The van der Waals surface area contributed by atoms with Crippen LogP contribution in [0.25, 0.3) is 0 Å². The van der Waals surface area contributed by atoms with E-state index in [9.17, 15) is 12.8 Å². The number of rotatable bonds is 1. The second kappa shape index (κ2) is 3.31. The molecule has 0 spiro atoms. The fourth-order valence-corrected chi connectivity index (χ4v) is 1.33.